The quantitative estimate of drug-likeness (QED) is 0.625. The van der Waals surface area contributed by atoms with Gasteiger partial charge in [0.2, 0.25) is 0 Å². The molecule has 7 nitrogen and oxygen atoms in total. The number of carbonyl (C=O) groups excluding carboxylic acids is 2. The number of hydrogen-bond donors (Lipinski definition) is 1. The molecule has 0 aliphatic heterocycles. The first-order valence-corrected chi connectivity index (χ1v) is 9.46. The number of aryl methyl sites for hydroxylation is 2. The van der Waals surface area contributed by atoms with Crippen LogP contribution in [0.4, 0.5) is 0 Å². The maximum atomic E-state index is 12.3. The lowest BCUT2D eigenvalue weighted by Gasteiger charge is -2.13. The van der Waals surface area contributed by atoms with E-state index in [9.17, 15) is 9.59 Å². The second-order valence-electron chi connectivity index (χ2n) is 6.82. The van der Waals surface area contributed by atoms with E-state index < -0.39 is 12.1 Å². The molecule has 2 heterocycles. The summed E-state index contributed by atoms with van der Waals surface area (Å²) in [5, 5.41) is 7.15. The van der Waals surface area contributed by atoms with Gasteiger partial charge in [0.15, 0.2) is 11.9 Å². The minimum atomic E-state index is -0.894. The Balaban J connectivity index is 1.52. The monoisotopic (exact) mass is 392 g/mol. The minimum absolute atomic E-state index is 0.277. The summed E-state index contributed by atoms with van der Waals surface area (Å²) in [5.74, 6) is -0.316. The predicted octanol–water partition coefficient (Wildman–Crippen LogP) is 2.79. The second-order valence-corrected chi connectivity index (χ2v) is 6.82. The molecule has 1 unspecified atom stereocenters. The van der Waals surface area contributed by atoms with Crippen LogP contribution in [0.5, 0.6) is 0 Å². The van der Waals surface area contributed by atoms with Crippen molar-refractivity contribution in [2.24, 2.45) is 0 Å². The number of ether oxygens (including phenoxy) is 1. The van der Waals surface area contributed by atoms with Crippen molar-refractivity contribution in [3.8, 4) is 5.82 Å². The Morgan fingerprint density at radius 3 is 2.52 bits per heavy atom. The van der Waals surface area contributed by atoms with Gasteiger partial charge in [-0.05, 0) is 51.0 Å². The van der Waals surface area contributed by atoms with Crippen molar-refractivity contribution >= 4 is 11.9 Å². The maximum Gasteiger partial charge on any atom is 0.340 e. The number of aromatic nitrogens is 3. The van der Waals surface area contributed by atoms with Gasteiger partial charge in [-0.2, -0.15) is 5.10 Å². The molecule has 0 spiro atoms. The number of esters is 1. The van der Waals surface area contributed by atoms with E-state index in [1.165, 1.54) is 6.20 Å². The number of benzene rings is 1. The van der Waals surface area contributed by atoms with Crippen molar-refractivity contribution < 1.29 is 14.3 Å². The summed E-state index contributed by atoms with van der Waals surface area (Å²) in [4.78, 5) is 28.8. The van der Waals surface area contributed by atoms with Gasteiger partial charge in [-0.15, -0.1) is 0 Å². The van der Waals surface area contributed by atoms with E-state index >= 15 is 0 Å². The summed E-state index contributed by atoms with van der Waals surface area (Å²) in [6.07, 6.45) is 1.24. The van der Waals surface area contributed by atoms with Gasteiger partial charge < -0.3 is 10.1 Å². The van der Waals surface area contributed by atoms with E-state index in [0.717, 1.165) is 17.0 Å². The maximum absolute atomic E-state index is 12.3. The molecule has 29 heavy (non-hydrogen) atoms. The van der Waals surface area contributed by atoms with Crippen molar-refractivity contribution in [3.05, 3.63) is 77.2 Å². The Morgan fingerprint density at radius 1 is 1.14 bits per heavy atom. The Kier molecular flexibility index (Phi) is 6.39. The van der Waals surface area contributed by atoms with Crippen molar-refractivity contribution in [1.82, 2.24) is 20.1 Å². The smallest absolute Gasteiger partial charge is 0.340 e. The first-order chi connectivity index (χ1) is 13.9. The van der Waals surface area contributed by atoms with E-state index in [1.54, 1.807) is 23.7 Å². The number of pyridine rings is 1. The molecule has 3 aromatic rings. The molecular formula is C22H24N4O3. The van der Waals surface area contributed by atoms with Crippen LogP contribution in [0.15, 0.2) is 54.7 Å². The van der Waals surface area contributed by atoms with Crippen molar-refractivity contribution in [2.75, 3.05) is 6.54 Å². The molecule has 1 aromatic carbocycles. The molecule has 0 aliphatic carbocycles. The van der Waals surface area contributed by atoms with Gasteiger partial charge in [-0.25, -0.2) is 14.5 Å². The van der Waals surface area contributed by atoms with Gasteiger partial charge in [-0.3, -0.25) is 4.79 Å². The second kappa shape index (κ2) is 9.14. The zero-order valence-corrected chi connectivity index (χ0v) is 16.8. The van der Waals surface area contributed by atoms with Gasteiger partial charge in [0.25, 0.3) is 5.91 Å². The standard InChI is InChI=1S/C22H24N4O3/c1-15-13-16(2)26(25-15)20-10-9-19(14-24-20)22(28)29-17(3)21(27)23-12-11-18-7-5-4-6-8-18/h4-10,13-14,17H,11-12H2,1-3H3,(H,23,27). The molecule has 1 atom stereocenters. The number of carbonyl (C=O) groups is 2. The highest BCUT2D eigenvalue weighted by Crippen LogP contribution is 2.11. The molecule has 0 aliphatic rings. The van der Waals surface area contributed by atoms with E-state index in [2.05, 4.69) is 15.4 Å². The lowest BCUT2D eigenvalue weighted by Crippen LogP contribution is -2.36. The Bertz CT molecular complexity index is 981. The van der Waals surface area contributed by atoms with Crippen LogP contribution in [0.3, 0.4) is 0 Å². The highest BCUT2D eigenvalue weighted by molar-refractivity contribution is 5.92. The first-order valence-electron chi connectivity index (χ1n) is 9.46. The van der Waals surface area contributed by atoms with Gasteiger partial charge in [-0.1, -0.05) is 30.3 Å². The fraction of sp³-hybridized carbons (Fsp3) is 0.273. The Morgan fingerprint density at radius 2 is 1.90 bits per heavy atom. The normalized spacial score (nSPS) is 11.7. The summed E-state index contributed by atoms with van der Waals surface area (Å²) in [7, 11) is 0. The molecule has 0 bridgehead atoms. The molecule has 3 rings (SSSR count). The summed E-state index contributed by atoms with van der Waals surface area (Å²) >= 11 is 0. The lowest BCUT2D eigenvalue weighted by atomic mass is 10.1. The summed E-state index contributed by atoms with van der Waals surface area (Å²) < 4.78 is 6.96. The topological polar surface area (TPSA) is 86.1 Å². The average Bonchev–Trinajstić information content (AvgIpc) is 3.06. The van der Waals surface area contributed by atoms with Crippen LogP contribution >= 0.6 is 0 Å². The SMILES string of the molecule is Cc1cc(C)n(-c2ccc(C(=O)OC(C)C(=O)NCCc3ccccc3)cn2)n1. The minimum Gasteiger partial charge on any atom is -0.449 e. The molecule has 0 saturated carbocycles. The Hall–Kier alpha value is -3.48. The molecule has 1 amide bonds. The van der Waals surface area contributed by atoms with E-state index in [4.69, 9.17) is 4.74 Å². The van der Waals surface area contributed by atoms with Crippen LogP contribution in [0.25, 0.3) is 5.82 Å². The summed E-state index contributed by atoms with van der Waals surface area (Å²) in [6, 6.07) is 15.1. The molecule has 1 N–H and O–H groups in total. The van der Waals surface area contributed by atoms with Gasteiger partial charge in [0.05, 0.1) is 11.3 Å². The number of nitrogens with one attached hydrogen (secondary N) is 1. The van der Waals surface area contributed by atoms with Gasteiger partial charge in [0.1, 0.15) is 0 Å². The molecule has 7 heteroatoms. The van der Waals surface area contributed by atoms with E-state index in [-0.39, 0.29) is 11.5 Å². The Labute approximate surface area is 169 Å². The van der Waals surface area contributed by atoms with E-state index in [0.29, 0.717) is 18.8 Å². The van der Waals surface area contributed by atoms with Crippen LogP contribution < -0.4 is 5.32 Å². The van der Waals surface area contributed by atoms with Crippen molar-refractivity contribution in [1.29, 1.82) is 0 Å². The van der Waals surface area contributed by atoms with Crippen molar-refractivity contribution in [2.45, 2.75) is 33.3 Å². The third kappa shape index (κ3) is 5.28. The zero-order valence-electron chi connectivity index (χ0n) is 16.8. The van der Waals surface area contributed by atoms with E-state index in [1.807, 2.05) is 50.2 Å². The molecule has 0 fully saturated rings. The number of amides is 1. The lowest BCUT2D eigenvalue weighted by molar-refractivity contribution is -0.129. The molecule has 150 valence electrons. The van der Waals surface area contributed by atoms with Crippen LogP contribution in [0.2, 0.25) is 0 Å². The summed E-state index contributed by atoms with van der Waals surface area (Å²) in [6.45, 7) is 5.86. The van der Waals surface area contributed by atoms with Gasteiger partial charge >= 0.3 is 5.97 Å². The number of hydrogen-bond acceptors (Lipinski definition) is 5. The van der Waals surface area contributed by atoms with Crippen LogP contribution in [-0.2, 0) is 16.0 Å². The molecule has 0 radical (unpaired) electrons. The fourth-order valence-corrected chi connectivity index (χ4v) is 2.89. The van der Waals surface area contributed by atoms with Gasteiger partial charge in [0, 0.05) is 18.4 Å². The van der Waals surface area contributed by atoms with Crippen LogP contribution in [0, 0.1) is 13.8 Å². The third-order valence-electron chi connectivity index (χ3n) is 4.42. The van der Waals surface area contributed by atoms with Crippen molar-refractivity contribution in [3.63, 3.8) is 0 Å². The highest BCUT2D eigenvalue weighted by atomic mass is 16.5. The predicted molar refractivity (Wildman–Crippen MR) is 109 cm³/mol. The number of nitrogens with zero attached hydrogens (tertiary/aromatic N) is 3. The largest absolute Gasteiger partial charge is 0.449 e. The summed E-state index contributed by atoms with van der Waals surface area (Å²) in [5.41, 5.74) is 3.25. The number of rotatable bonds is 7. The first kappa shape index (κ1) is 20.3. The molecular weight excluding hydrogens is 368 g/mol. The molecule has 0 saturated heterocycles. The average molecular weight is 392 g/mol. The zero-order chi connectivity index (χ0) is 20.8. The highest BCUT2D eigenvalue weighted by Gasteiger charge is 2.19. The molecule has 2 aromatic heterocycles. The van der Waals surface area contributed by atoms with Crippen LogP contribution in [-0.4, -0.2) is 39.3 Å². The van der Waals surface area contributed by atoms with Crippen LogP contribution in [0.1, 0.15) is 34.2 Å². The fourth-order valence-electron chi connectivity index (χ4n) is 2.89. The third-order valence-corrected chi connectivity index (χ3v) is 4.42.